The summed E-state index contributed by atoms with van der Waals surface area (Å²) < 4.78 is 0. The molecule has 7 nitrogen and oxygen atoms in total. The van der Waals surface area contributed by atoms with E-state index in [2.05, 4.69) is 20.6 Å². The highest BCUT2D eigenvalue weighted by molar-refractivity contribution is 6.31. The molecule has 2 amide bonds. The Hall–Kier alpha value is -2.38. The van der Waals surface area contributed by atoms with Gasteiger partial charge in [0.15, 0.2) is 5.82 Å². The number of nitrogens with zero attached hydrogens (tertiary/aromatic N) is 2. The molecule has 0 aliphatic heterocycles. The standard InChI is InChI=1S/C12H12ClN5O2/c1-7-2-3-8(6-9(7)13)15-12(19)17-11-14-5-4-10(16-11)18-20/h2-6,20H,1H3,(H3,14,15,16,17,18,19). The molecule has 0 spiro atoms. The number of urea groups is 1. The lowest BCUT2D eigenvalue weighted by Gasteiger charge is -2.08. The van der Waals surface area contributed by atoms with E-state index >= 15 is 0 Å². The van der Waals surface area contributed by atoms with Gasteiger partial charge in [-0.25, -0.2) is 9.78 Å². The fourth-order valence-electron chi connectivity index (χ4n) is 1.42. The second kappa shape index (κ2) is 6.18. The van der Waals surface area contributed by atoms with Gasteiger partial charge in [-0.15, -0.1) is 0 Å². The topological polar surface area (TPSA) is 99.2 Å². The molecule has 104 valence electrons. The van der Waals surface area contributed by atoms with Crippen LogP contribution in [0, 0.1) is 6.92 Å². The molecule has 1 heterocycles. The van der Waals surface area contributed by atoms with Crippen LogP contribution in [0.3, 0.4) is 0 Å². The highest BCUT2D eigenvalue weighted by Gasteiger charge is 2.06. The van der Waals surface area contributed by atoms with Crippen LogP contribution in [0.15, 0.2) is 30.5 Å². The van der Waals surface area contributed by atoms with Gasteiger partial charge < -0.3 is 5.32 Å². The molecule has 0 radical (unpaired) electrons. The third-order valence-corrected chi connectivity index (χ3v) is 2.83. The number of benzene rings is 1. The Kier molecular flexibility index (Phi) is 4.34. The molecule has 1 aromatic carbocycles. The maximum absolute atomic E-state index is 11.7. The number of rotatable bonds is 3. The normalized spacial score (nSPS) is 9.95. The lowest BCUT2D eigenvalue weighted by atomic mass is 10.2. The highest BCUT2D eigenvalue weighted by atomic mass is 35.5. The van der Waals surface area contributed by atoms with Gasteiger partial charge in [0.2, 0.25) is 5.95 Å². The first-order valence-electron chi connectivity index (χ1n) is 5.66. The highest BCUT2D eigenvalue weighted by Crippen LogP contribution is 2.20. The van der Waals surface area contributed by atoms with Crippen molar-refractivity contribution in [3.8, 4) is 0 Å². The Morgan fingerprint density at radius 3 is 2.80 bits per heavy atom. The molecule has 2 rings (SSSR count). The van der Waals surface area contributed by atoms with Crippen molar-refractivity contribution in [2.75, 3.05) is 16.1 Å². The third kappa shape index (κ3) is 3.56. The van der Waals surface area contributed by atoms with Gasteiger partial charge in [0, 0.05) is 23.0 Å². The van der Waals surface area contributed by atoms with Gasteiger partial charge in [-0.1, -0.05) is 17.7 Å². The van der Waals surface area contributed by atoms with E-state index < -0.39 is 6.03 Å². The Balaban J connectivity index is 2.03. The van der Waals surface area contributed by atoms with E-state index in [9.17, 15) is 4.79 Å². The SMILES string of the molecule is Cc1ccc(NC(=O)Nc2nccc(NO)n2)cc1Cl. The van der Waals surface area contributed by atoms with E-state index in [-0.39, 0.29) is 11.8 Å². The average Bonchev–Trinajstić information content (AvgIpc) is 2.43. The summed E-state index contributed by atoms with van der Waals surface area (Å²) in [5, 5.41) is 14.3. The van der Waals surface area contributed by atoms with Crippen LogP contribution in [0.25, 0.3) is 0 Å². The first-order valence-corrected chi connectivity index (χ1v) is 6.03. The van der Waals surface area contributed by atoms with Crippen LogP contribution in [0.2, 0.25) is 5.02 Å². The summed E-state index contributed by atoms with van der Waals surface area (Å²) >= 11 is 5.96. The summed E-state index contributed by atoms with van der Waals surface area (Å²) in [5.74, 6) is 0.230. The number of nitrogens with one attached hydrogen (secondary N) is 3. The van der Waals surface area contributed by atoms with E-state index in [0.717, 1.165) is 5.56 Å². The summed E-state index contributed by atoms with van der Waals surface area (Å²) in [5.41, 5.74) is 3.33. The first-order chi connectivity index (χ1) is 9.58. The van der Waals surface area contributed by atoms with E-state index in [4.69, 9.17) is 16.8 Å². The van der Waals surface area contributed by atoms with Gasteiger partial charge >= 0.3 is 6.03 Å². The predicted octanol–water partition coefficient (Wildman–Crippen LogP) is 2.88. The number of hydrogen-bond acceptors (Lipinski definition) is 5. The predicted molar refractivity (Wildman–Crippen MR) is 76.3 cm³/mol. The van der Waals surface area contributed by atoms with Gasteiger partial charge in [0.25, 0.3) is 0 Å². The molecule has 0 aliphatic rings. The van der Waals surface area contributed by atoms with Crippen molar-refractivity contribution in [3.05, 3.63) is 41.0 Å². The molecule has 1 aromatic heterocycles. The molecule has 0 bridgehead atoms. The fraction of sp³-hybridized carbons (Fsp3) is 0.0833. The maximum atomic E-state index is 11.7. The Morgan fingerprint density at radius 1 is 1.30 bits per heavy atom. The van der Waals surface area contributed by atoms with E-state index in [1.165, 1.54) is 12.3 Å². The van der Waals surface area contributed by atoms with Gasteiger partial charge in [0.1, 0.15) is 0 Å². The minimum absolute atomic E-state index is 0.0553. The number of hydrogen-bond donors (Lipinski definition) is 4. The molecular weight excluding hydrogens is 282 g/mol. The summed E-state index contributed by atoms with van der Waals surface area (Å²) in [4.78, 5) is 19.4. The number of halogens is 1. The number of amides is 2. The van der Waals surface area contributed by atoms with Crippen molar-refractivity contribution in [2.45, 2.75) is 6.92 Å². The van der Waals surface area contributed by atoms with E-state index in [0.29, 0.717) is 10.7 Å². The average molecular weight is 294 g/mol. The van der Waals surface area contributed by atoms with E-state index in [1.54, 1.807) is 18.2 Å². The maximum Gasteiger partial charge on any atom is 0.326 e. The quantitative estimate of drug-likeness (QED) is 0.652. The minimum Gasteiger partial charge on any atom is -0.308 e. The van der Waals surface area contributed by atoms with Gasteiger partial charge in [-0.05, 0) is 24.6 Å². The lowest BCUT2D eigenvalue weighted by Crippen LogP contribution is -2.21. The Bertz CT molecular complexity index is 635. The van der Waals surface area contributed by atoms with Crippen LogP contribution >= 0.6 is 11.6 Å². The Morgan fingerprint density at radius 2 is 2.10 bits per heavy atom. The monoisotopic (exact) mass is 293 g/mol. The summed E-state index contributed by atoms with van der Waals surface area (Å²) in [6.07, 6.45) is 1.39. The summed E-state index contributed by atoms with van der Waals surface area (Å²) in [6, 6.07) is 6.10. The number of anilines is 3. The first kappa shape index (κ1) is 14.0. The fourth-order valence-corrected chi connectivity index (χ4v) is 1.60. The van der Waals surface area contributed by atoms with Crippen LogP contribution < -0.4 is 16.1 Å². The van der Waals surface area contributed by atoms with Crippen LogP contribution in [-0.2, 0) is 0 Å². The van der Waals surface area contributed by atoms with Crippen molar-refractivity contribution in [1.29, 1.82) is 0 Å². The third-order valence-electron chi connectivity index (χ3n) is 2.43. The van der Waals surface area contributed by atoms with E-state index in [1.807, 2.05) is 12.4 Å². The molecule has 4 N–H and O–H groups in total. The zero-order valence-electron chi connectivity index (χ0n) is 10.5. The number of aryl methyl sites for hydroxylation is 1. The van der Waals surface area contributed by atoms with Crippen molar-refractivity contribution in [3.63, 3.8) is 0 Å². The van der Waals surface area contributed by atoms with Crippen molar-refractivity contribution < 1.29 is 10.0 Å². The zero-order valence-corrected chi connectivity index (χ0v) is 11.3. The summed E-state index contributed by atoms with van der Waals surface area (Å²) in [6.45, 7) is 1.87. The molecule has 0 saturated heterocycles. The number of carbonyl (C=O) groups is 1. The minimum atomic E-state index is -0.514. The smallest absolute Gasteiger partial charge is 0.308 e. The van der Waals surface area contributed by atoms with Gasteiger partial charge in [-0.3, -0.25) is 16.0 Å². The number of aromatic nitrogens is 2. The lowest BCUT2D eigenvalue weighted by molar-refractivity contribution is 0.262. The van der Waals surface area contributed by atoms with Crippen LogP contribution in [0.4, 0.5) is 22.2 Å². The van der Waals surface area contributed by atoms with Crippen LogP contribution in [-0.4, -0.2) is 21.2 Å². The number of carbonyl (C=O) groups excluding carboxylic acids is 1. The Labute approximate surface area is 120 Å². The second-order valence-corrected chi connectivity index (χ2v) is 4.33. The van der Waals surface area contributed by atoms with Crippen molar-refractivity contribution >= 4 is 35.1 Å². The zero-order chi connectivity index (χ0) is 14.5. The molecule has 0 saturated carbocycles. The van der Waals surface area contributed by atoms with Gasteiger partial charge in [0.05, 0.1) is 0 Å². The molecule has 0 unspecified atom stereocenters. The van der Waals surface area contributed by atoms with Crippen molar-refractivity contribution in [2.24, 2.45) is 0 Å². The molecule has 0 aliphatic carbocycles. The second-order valence-electron chi connectivity index (χ2n) is 3.92. The molecule has 2 aromatic rings. The molecule has 20 heavy (non-hydrogen) atoms. The molecular formula is C12H12ClN5O2. The molecule has 0 fully saturated rings. The van der Waals surface area contributed by atoms with Crippen LogP contribution in [0.1, 0.15) is 5.56 Å². The van der Waals surface area contributed by atoms with Crippen LogP contribution in [0.5, 0.6) is 0 Å². The largest absolute Gasteiger partial charge is 0.326 e. The van der Waals surface area contributed by atoms with Crippen molar-refractivity contribution in [1.82, 2.24) is 9.97 Å². The molecule has 8 heteroatoms. The summed E-state index contributed by atoms with van der Waals surface area (Å²) in [7, 11) is 0. The van der Waals surface area contributed by atoms with Gasteiger partial charge in [-0.2, -0.15) is 4.98 Å². The molecule has 0 atom stereocenters.